The van der Waals surface area contributed by atoms with Gasteiger partial charge >= 0.3 is 0 Å². The molecule has 1 heterocycles. The number of fused-ring (bicyclic) bond motifs is 1. The van der Waals surface area contributed by atoms with E-state index in [1.54, 1.807) is 0 Å². The fourth-order valence-corrected chi connectivity index (χ4v) is 2.25. The van der Waals surface area contributed by atoms with Crippen LogP contribution in [0.25, 0.3) is 10.9 Å². The summed E-state index contributed by atoms with van der Waals surface area (Å²) < 4.78 is 14.0. The zero-order chi connectivity index (χ0) is 17.3. The van der Waals surface area contributed by atoms with Gasteiger partial charge in [-0.2, -0.15) is 0 Å². The lowest BCUT2D eigenvalue weighted by atomic mass is 10.1. The third-order valence-electron chi connectivity index (χ3n) is 3.50. The van der Waals surface area contributed by atoms with Crippen LogP contribution in [0.1, 0.15) is 10.4 Å². The Morgan fingerprint density at radius 1 is 1.21 bits per heavy atom. The maximum absolute atomic E-state index is 12.9. The average molecular weight is 327 g/mol. The molecule has 8 heteroatoms. The molecule has 0 fully saturated rings. The van der Waals surface area contributed by atoms with Gasteiger partial charge in [0.15, 0.2) is 5.78 Å². The Hall–Kier alpha value is -3.42. The van der Waals surface area contributed by atoms with E-state index in [0.717, 1.165) is 23.0 Å². The number of carbonyl (C=O) groups excluding carboxylic acids is 1. The SMILES string of the molecule is O=C(Cn1cnc2cc([N+](=O)[O-])ccc2c1=O)c1ccc(F)cc1. The number of rotatable bonds is 4. The molecular formula is C16H10FN3O4. The van der Waals surface area contributed by atoms with E-state index in [1.165, 1.54) is 30.3 Å². The average Bonchev–Trinajstić information content (AvgIpc) is 2.57. The monoisotopic (exact) mass is 327 g/mol. The minimum absolute atomic E-state index is 0.172. The molecule has 0 saturated carbocycles. The smallest absolute Gasteiger partial charge is 0.271 e. The highest BCUT2D eigenvalue weighted by atomic mass is 19.1. The number of hydrogen-bond acceptors (Lipinski definition) is 5. The van der Waals surface area contributed by atoms with Gasteiger partial charge in [-0.3, -0.25) is 24.3 Å². The molecule has 120 valence electrons. The number of ketones is 1. The molecule has 0 atom stereocenters. The molecule has 0 radical (unpaired) electrons. The Bertz CT molecular complexity index is 1010. The summed E-state index contributed by atoms with van der Waals surface area (Å²) >= 11 is 0. The Balaban J connectivity index is 1.95. The van der Waals surface area contributed by atoms with Crippen LogP contribution in [-0.2, 0) is 6.54 Å². The highest BCUT2D eigenvalue weighted by Gasteiger charge is 2.13. The lowest BCUT2D eigenvalue weighted by molar-refractivity contribution is -0.384. The van der Waals surface area contributed by atoms with Crippen LogP contribution < -0.4 is 5.56 Å². The van der Waals surface area contributed by atoms with E-state index in [0.29, 0.717) is 0 Å². The molecule has 7 nitrogen and oxygen atoms in total. The van der Waals surface area contributed by atoms with E-state index in [1.807, 2.05) is 0 Å². The van der Waals surface area contributed by atoms with Crippen molar-refractivity contribution >= 4 is 22.4 Å². The maximum Gasteiger partial charge on any atom is 0.271 e. The quantitative estimate of drug-likeness (QED) is 0.416. The number of benzene rings is 2. The topological polar surface area (TPSA) is 95.1 Å². The first-order valence-electron chi connectivity index (χ1n) is 6.88. The van der Waals surface area contributed by atoms with E-state index in [4.69, 9.17) is 0 Å². The Kier molecular flexibility index (Phi) is 3.87. The molecule has 3 rings (SSSR count). The summed E-state index contributed by atoms with van der Waals surface area (Å²) in [6.07, 6.45) is 1.16. The van der Waals surface area contributed by atoms with Gasteiger partial charge < -0.3 is 0 Å². The second-order valence-corrected chi connectivity index (χ2v) is 5.07. The fraction of sp³-hybridized carbons (Fsp3) is 0.0625. The number of carbonyl (C=O) groups is 1. The van der Waals surface area contributed by atoms with Gasteiger partial charge in [-0.1, -0.05) is 0 Å². The Morgan fingerprint density at radius 3 is 2.58 bits per heavy atom. The van der Waals surface area contributed by atoms with Crippen molar-refractivity contribution in [2.24, 2.45) is 0 Å². The number of non-ortho nitro benzene ring substituents is 1. The molecule has 1 aromatic heterocycles. The molecule has 0 aliphatic heterocycles. The largest absolute Gasteiger partial charge is 0.292 e. The summed E-state index contributed by atoms with van der Waals surface area (Å²) in [4.78, 5) is 38.7. The van der Waals surface area contributed by atoms with E-state index in [2.05, 4.69) is 4.98 Å². The van der Waals surface area contributed by atoms with Gasteiger partial charge in [0.05, 0.1) is 28.7 Å². The highest BCUT2D eigenvalue weighted by Crippen LogP contribution is 2.16. The minimum Gasteiger partial charge on any atom is -0.292 e. The van der Waals surface area contributed by atoms with Crippen molar-refractivity contribution in [3.63, 3.8) is 0 Å². The van der Waals surface area contributed by atoms with E-state index >= 15 is 0 Å². The fourth-order valence-electron chi connectivity index (χ4n) is 2.25. The maximum atomic E-state index is 12.9. The van der Waals surface area contributed by atoms with Crippen LogP contribution >= 0.6 is 0 Å². The molecule has 0 saturated heterocycles. The summed E-state index contributed by atoms with van der Waals surface area (Å²) in [5, 5.41) is 10.9. The third-order valence-corrected chi connectivity index (χ3v) is 3.50. The van der Waals surface area contributed by atoms with Gasteiger partial charge in [0.2, 0.25) is 0 Å². The second kappa shape index (κ2) is 5.99. The van der Waals surface area contributed by atoms with E-state index in [-0.39, 0.29) is 34.5 Å². The number of nitro groups is 1. The van der Waals surface area contributed by atoms with Gasteiger partial charge in [0, 0.05) is 17.7 Å². The summed E-state index contributed by atoms with van der Waals surface area (Å²) in [6.45, 7) is -0.260. The van der Waals surface area contributed by atoms with Crippen LogP contribution in [0.5, 0.6) is 0 Å². The van der Waals surface area contributed by atoms with Crippen LogP contribution in [0, 0.1) is 15.9 Å². The predicted octanol–water partition coefficient (Wildman–Crippen LogP) is 2.33. The molecule has 0 bridgehead atoms. The summed E-state index contributed by atoms with van der Waals surface area (Å²) in [5.74, 6) is -0.835. The number of nitro benzene ring substituents is 1. The molecule has 0 spiro atoms. The van der Waals surface area contributed by atoms with Gasteiger partial charge in [0.1, 0.15) is 5.82 Å². The Labute approximate surface area is 134 Å². The first-order valence-corrected chi connectivity index (χ1v) is 6.88. The zero-order valence-electron chi connectivity index (χ0n) is 12.2. The molecule has 0 unspecified atom stereocenters. The van der Waals surface area contributed by atoms with Crippen LogP contribution in [0.4, 0.5) is 10.1 Å². The first-order chi connectivity index (χ1) is 11.5. The van der Waals surface area contributed by atoms with Crippen LogP contribution in [0.3, 0.4) is 0 Å². The van der Waals surface area contributed by atoms with Gasteiger partial charge in [-0.25, -0.2) is 9.37 Å². The summed E-state index contributed by atoms with van der Waals surface area (Å²) in [5.41, 5.74) is -0.202. The van der Waals surface area contributed by atoms with Crippen LogP contribution in [0.15, 0.2) is 53.6 Å². The van der Waals surface area contributed by atoms with Crippen molar-refractivity contribution in [3.05, 3.63) is 80.6 Å². The summed E-state index contributed by atoms with van der Waals surface area (Å²) in [6, 6.07) is 8.70. The highest BCUT2D eigenvalue weighted by molar-refractivity contribution is 5.96. The predicted molar refractivity (Wildman–Crippen MR) is 83.4 cm³/mol. The normalized spacial score (nSPS) is 10.7. The molecule has 3 aromatic rings. The first kappa shape index (κ1) is 15.5. The standard InChI is InChI=1S/C16H10FN3O4/c17-11-3-1-10(2-4-11)15(21)8-19-9-18-14-7-12(20(23)24)5-6-13(14)16(19)22/h1-7,9H,8H2. The number of halogens is 1. The molecule has 0 N–H and O–H groups in total. The molecule has 24 heavy (non-hydrogen) atoms. The van der Waals surface area contributed by atoms with Crippen LogP contribution in [-0.4, -0.2) is 20.3 Å². The minimum atomic E-state index is -0.579. The Morgan fingerprint density at radius 2 is 1.92 bits per heavy atom. The van der Waals surface area contributed by atoms with Crippen LogP contribution in [0.2, 0.25) is 0 Å². The number of aromatic nitrogens is 2. The van der Waals surface area contributed by atoms with Gasteiger partial charge in [-0.05, 0) is 30.3 Å². The van der Waals surface area contributed by atoms with Crippen molar-refractivity contribution in [1.29, 1.82) is 0 Å². The second-order valence-electron chi connectivity index (χ2n) is 5.07. The number of hydrogen-bond donors (Lipinski definition) is 0. The van der Waals surface area contributed by atoms with E-state index in [9.17, 15) is 24.1 Å². The number of Topliss-reactive ketones (excluding diaryl/α,β-unsaturated/α-hetero) is 1. The molecule has 2 aromatic carbocycles. The van der Waals surface area contributed by atoms with Crippen molar-refractivity contribution in [3.8, 4) is 0 Å². The molecule has 0 aliphatic carbocycles. The molecular weight excluding hydrogens is 317 g/mol. The van der Waals surface area contributed by atoms with Crippen molar-refractivity contribution in [2.75, 3.05) is 0 Å². The van der Waals surface area contributed by atoms with Gasteiger partial charge in [-0.15, -0.1) is 0 Å². The third kappa shape index (κ3) is 2.89. The number of nitrogens with zero attached hydrogens (tertiary/aromatic N) is 3. The van der Waals surface area contributed by atoms with Crippen molar-refractivity contribution in [1.82, 2.24) is 9.55 Å². The van der Waals surface area contributed by atoms with Crippen molar-refractivity contribution in [2.45, 2.75) is 6.54 Å². The van der Waals surface area contributed by atoms with Gasteiger partial charge in [0.25, 0.3) is 11.2 Å². The lowest BCUT2D eigenvalue weighted by Gasteiger charge is -2.06. The lowest BCUT2D eigenvalue weighted by Crippen LogP contribution is -2.24. The molecule has 0 aliphatic rings. The van der Waals surface area contributed by atoms with E-state index < -0.39 is 16.3 Å². The zero-order valence-corrected chi connectivity index (χ0v) is 12.2. The van der Waals surface area contributed by atoms with Crippen molar-refractivity contribution < 1.29 is 14.1 Å². The summed E-state index contributed by atoms with van der Waals surface area (Å²) in [7, 11) is 0. The molecule has 0 amide bonds.